The van der Waals surface area contributed by atoms with E-state index in [1.807, 2.05) is 0 Å². The lowest BCUT2D eigenvalue weighted by atomic mass is 9.94. The van der Waals surface area contributed by atoms with E-state index in [1.165, 1.54) is 19.1 Å². The van der Waals surface area contributed by atoms with Crippen LogP contribution in [0.4, 0.5) is 13.2 Å². The van der Waals surface area contributed by atoms with Gasteiger partial charge in [-0.15, -0.1) is 0 Å². The molecule has 4 nitrogen and oxygen atoms in total. The minimum atomic E-state index is -5.06. The number of halogens is 4. The molecule has 1 amide bonds. The Morgan fingerprint density at radius 2 is 1.75 bits per heavy atom. The Labute approximate surface area is 121 Å². The van der Waals surface area contributed by atoms with Crippen molar-refractivity contribution in [1.29, 1.82) is 0 Å². The maximum absolute atomic E-state index is 12.3. The van der Waals surface area contributed by atoms with Crippen LogP contribution in [0, 0.1) is 5.92 Å². The molecule has 1 aromatic carbocycles. The monoisotopic (exact) mass is 353 g/mol. The number of aliphatic carboxylic acids is 1. The van der Waals surface area contributed by atoms with Crippen LogP contribution in [-0.2, 0) is 9.59 Å². The van der Waals surface area contributed by atoms with Gasteiger partial charge in [-0.25, -0.2) is 0 Å². The van der Waals surface area contributed by atoms with Crippen molar-refractivity contribution in [2.24, 2.45) is 5.92 Å². The number of hydrogen-bond donors (Lipinski definition) is 2. The van der Waals surface area contributed by atoms with Crippen molar-refractivity contribution in [1.82, 2.24) is 5.32 Å². The molecule has 0 saturated carbocycles. The van der Waals surface area contributed by atoms with E-state index < -0.39 is 30.0 Å². The molecule has 0 radical (unpaired) electrons. The van der Waals surface area contributed by atoms with Crippen LogP contribution in [0.3, 0.4) is 0 Å². The van der Waals surface area contributed by atoms with E-state index in [-0.39, 0.29) is 5.56 Å². The second-order valence-electron chi connectivity index (χ2n) is 4.13. The largest absolute Gasteiger partial charge is 0.481 e. The number of rotatable bonds is 4. The fraction of sp³-hybridized carbons (Fsp3) is 0.333. The van der Waals surface area contributed by atoms with Crippen LogP contribution in [0.2, 0.25) is 0 Å². The molecule has 0 heterocycles. The molecular weight excluding hydrogens is 343 g/mol. The van der Waals surface area contributed by atoms with Crippen molar-refractivity contribution >= 4 is 27.8 Å². The molecule has 0 aliphatic rings. The van der Waals surface area contributed by atoms with Gasteiger partial charge >= 0.3 is 18.1 Å². The summed E-state index contributed by atoms with van der Waals surface area (Å²) in [6.45, 7) is 1.23. The first-order chi connectivity index (χ1) is 9.12. The molecule has 8 heteroatoms. The normalized spacial score (nSPS) is 14.4. The molecule has 0 fully saturated rings. The number of nitrogens with one attached hydrogen (secondary N) is 1. The van der Waals surface area contributed by atoms with Crippen LogP contribution < -0.4 is 5.32 Å². The second kappa shape index (κ2) is 6.25. The lowest BCUT2D eigenvalue weighted by Gasteiger charge is -2.23. The molecule has 1 rings (SSSR count). The summed E-state index contributed by atoms with van der Waals surface area (Å²) in [6, 6.07) is 4.73. The molecule has 0 spiro atoms. The van der Waals surface area contributed by atoms with E-state index in [9.17, 15) is 22.8 Å². The van der Waals surface area contributed by atoms with Crippen molar-refractivity contribution in [3.8, 4) is 0 Å². The number of amides is 1. The summed E-state index contributed by atoms with van der Waals surface area (Å²) in [6.07, 6.45) is -5.06. The molecule has 0 saturated heterocycles. The Morgan fingerprint density at radius 1 is 1.25 bits per heavy atom. The van der Waals surface area contributed by atoms with Gasteiger partial charge in [-0.1, -0.05) is 28.1 Å². The third kappa shape index (κ3) is 4.22. The van der Waals surface area contributed by atoms with Gasteiger partial charge in [0.2, 0.25) is 0 Å². The predicted octanol–water partition coefficient (Wildman–Crippen LogP) is 2.89. The van der Waals surface area contributed by atoms with E-state index >= 15 is 0 Å². The summed E-state index contributed by atoms with van der Waals surface area (Å²) in [5.41, 5.74) is 0.278. The van der Waals surface area contributed by atoms with Crippen LogP contribution >= 0.6 is 15.9 Å². The maximum atomic E-state index is 12.3. The Hall–Kier alpha value is -1.57. The Balaban J connectivity index is 3.06. The summed E-state index contributed by atoms with van der Waals surface area (Å²) in [7, 11) is 0. The standard InChI is InChI=1S/C12H11BrF3NO3/c1-6(10(18)19)9(17-11(20)12(14,15)16)7-2-4-8(13)5-3-7/h2-6,9H,1H3,(H,17,20)(H,18,19). The molecule has 2 N–H and O–H groups in total. The van der Waals surface area contributed by atoms with Crippen LogP contribution in [-0.4, -0.2) is 23.2 Å². The minimum Gasteiger partial charge on any atom is -0.481 e. The van der Waals surface area contributed by atoms with Gasteiger partial charge in [-0.2, -0.15) is 13.2 Å². The smallest absolute Gasteiger partial charge is 0.471 e. The van der Waals surface area contributed by atoms with E-state index in [1.54, 1.807) is 17.4 Å². The van der Waals surface area contributed by atoms with Gasteiger partial charge in [0, 0.05) is 4.47 Å². The second-order valence-corrected chi connectivity index (χ2v) is 5.04. The number of alkyl halides is 3. The molecule has 110 valence electrons. The first kappa shape index (κ1) is 16.5. The van der Waals surface area contributed by atoms with E-state index in [2.05, 4.69) is 15.9 Å². The number of carboxylic acids is 1. The van der Waals surface area contributed by atoms with Gasteiger partial charge in [0.15, 0.2) is 0 Å². The molecule has 0 bridgehead atoms. The van der Waals surface area contributed by atoms with E-state index in [0.29, 0.717) is 4.47 Å². The fourth-order valence-electron chi connectivity index (χ4n) is 1.53. The molecule has 0 aliphatic heterocycles. The van der Waals surface area contributed by atoms with Crippen molar-refractivity contribution in [3.05, 3.63) is 34.3 Å². The Kier molecular flexibility index (Phi) is 5.15. The third-order valence-corrected chi connectivity index (χ3v) is 3.19. The topological polar surface area (TPSA) is 66.4 Å². The van der Waals surface area contributed by atoms with Crippen LogP contribution in [0.5, 0.6) is 0 Å². The van der Waals surface area contributed by atoms with Gasteiger partial charge in [0.1, 0.15) is 0 Å². The van der Waals surface area contributed by atoms with Crippen LogP contribution in [0.1, 0.15) is 18.5 Å². The Morgan fingerprint density at radius 3 is 2.15 bits per heavy atom. The van der Waals surface area contributed by atoms with Gasteiger partial charge in [-0.3, -0.25) is 9.59 Å². The molecular formula is C12H11BrF3NO3. The van der Waals surface area contributed by atoms with Crippen molar-refractivity contribution < 1.29 is 27.9 Å². The van der Waals surface area contributed by atoms with Gasteiger partial charge < -0.3 is 10.4 Å². The predicted molar refractivity (Wildman–Crippen MR) is 67.9 cm³/mol. The van der Waals surface area contributed by atoms with Crippen LogP contribution in [0.25, 0.3) is 0 Å². The summed E-state index contributed by atoms with van der Waals surface area (Å²) < 4.78 is 37.5. The quantitative estimate of drug-likeness (QED) is 0.874. The summed E-state index contributed by atoms with van der Waals surface area (Å²) in [4.78, 5) is 22.0. The molecule has 0 aromatic heterocycles. The minimum absolute atomic E-state index is 0.278. The number of benzene rings is 1. The summed E-state index contributed by atoms with van der Waals surface area (Å²) in [5.74, 6) is -4.68. The van der Waals surface area contributed by atoms with Crippen molar-refractivity contribution in [2.75, 3.05) is 0 Å². The highest BCUT2D eigenvalue weighted by atomic mass is 79.9. The molecule has 0 aliphatic carbocycles. The number of carbonyl (C=O) groups excluding carboxylic acids is 1. The van der Waals surface area contributed by atoms with E-state index in [4.69, 9.17) is 5.11 Å². The molecule has 1 aromatic rings. The van der Waals surface area contributed by atoms with Crippen molar-refractivity contribution in [3.63, 3.8) is 0 Å². The lowest BCUT2D eigenvalue weighted by molar-refractivity contribution is -0.175. The van der Waals surface area contributed by atoms with Gasteiger partial charge in [0.05, 0.1) is 12.0 Å². The highest BCUT2D eigenvalue weighted by Crippen LogP contribution is 2.26. The summed E-state index contributed by atoms with van der Waals surface area (Å²) >= 11 is 3.16. The number of hydrogen-bond acceptors (Lipinski definition) is 2. The first-order valence-corrected chi connectivity index (χ1v) is 6.28. The first-order valence-electron chi connectivity index (χ1n) is 5.49. The van der Waals surface area contributed by atoms with E-state index in [0.717, 1.165) is 0 Å². The highest BCUT2D eigenvalue weighted by molar-refractivity contribution is 9.10. The average Bonchev–Trinajstić information content (AvgIpc) is 2.34. The van der Waals surface area contributed by atoms with Gasteiger partial charge in [0.25, 0.3) is 0 Å². The molecule has 20 heavy (non-hydrogen) atoms. The number of carbonyl (C=O) groups is 2. The van der Waals surface area contributed by atoms with Crippen LogP contribution in [0.15, 0.2) is 28.7 Å². The van der Waals surface area contributed by atoms with Crippen molar-refractivity contribution in [2.45, 2.75) is 19.1 Å². The zero-order valence-corrected chi connectivity index (χ0v) is 11.8. The highest BCUT2D eigenvalue weighted by Gasteiger charge is 2.41. The average molecular weight is 354 g/mol. The zero-order chi connectivity index (χ0) is 15.5. The Bertz CT molecular complexity index is 502. The third-order valence-electron chi connectivity index (χ3n) is 2.66. The molecule has 2 unspecified atom stereocenters. The molecule has 2 atom stereocenters. The fourth-order valence-corrected chi connectivity index (χ4v) is 1.80. The lowest BCUT2D eigenvalue weighted by Crippen LogP contribution is -2.42. The summed E-state index contributed by atoms with van der Waals surface area (Å²) in [5, 5.41) is 10.7. The zero-order valence-electron chi connectivity index (χ0n) is 10.2. The van der Waals surface area contributed by atoms with Gasteiger partial charge in [-0.05, 0) is 24.6 Å². The maximum Gasteiger partial charge on any atom is 0.471 e. The number of carboxylic acid groups (broad SMARTS) is 1. The SMILES string of the molecule is CC(C(=O)O)C(NC(=O)C(F)(F)F)c1ccc(Br)cc1.